The maximum absolute atomic E-state index is 5.90. The molecule has 1 fully saturated rings. The fourth-order valence-corrected chi connectivity index (χ4v) is 3.29. The molecule has 2 aromatic rings. The first-order chi connectivity index (χ1) is 11.3. The molecule has 1 saturated heterocycles. The van der Waals surface area contributed by atoms with E-state index in [1.807, 2.05) is 25.1 Å². The Kier molecular flexibility index (Phi) is 5.36. The molecule has 0 amide bonds. The highest BCUT2D eigenvalue weighted by Gasteiger charge is 2.25. The molecule has 0 bridgehead atoms. The second-order valence-corrected chi connectivity index (χ2v) is 6.15. The monoisotopic (exact) mass is 314 g/mol. The number of para-hydroxylation sites is 1. The van der Waals surface area contributed by atoms with E-state index in [0.717, 1.165) is 43.4 Å². The average molecular weight is 314 g/mol. The van der Waals surface area contributed by atoms with E-state index < -0.39 is 0 Å². The van der Waals surface area contributed by atoms with Crippen molar-refractivity contribution in [3.63, 3.8) is 0 Å². The number of likely N-dealkylation sites (tertiary alicyclic amines) is 1. The molecule has 124 valence electrons. The van der Waals surface area contributed by atoms with Gasteiger partial charge in [-0.05, 0) is 51.1 Å². The minimum absolute atomic E-state index is 0.306. The fourth-order valence-electron chi connectivity index (χ4n) is 3.29. The molecule has 1 aromatic carbocycles. The number of nitrogens with zero attached hydrogens (tertiary/aromatic N) is 1. The topological polar surface area (TPSA) is 37.6 Å². The lowest BCUT2D eigenvalue weighted by molar-refractivity contribution is 0.207. The summed E-state index contributed by atoms with van der Waals surface area (Å²) in [5, 5.41) is 3.58. The smallest absolute Gasteiger partial charge is 0.123 e. The van der Waals surface area contributed by atoms with E-state index in [0.29, 0.717) is 6.04 Å². The first kappa shape index (κ1) is 16.1. The highest BCUT2D eigenvalue weighted by molar-refractivity contribution is 5.33. The maximum atomic E-state index is 5.90. The zero-order valence-electron chi connectivity index (χ0n) is 14.0. The lowest BCUT2D eigenvalue weighted by Gasteiger charge is -2.26. The van der Waals surface area contributed by atoms with Crippen LogP contribution in [0.1, 0.15) is 36.0 Å². The Bertz CT molecular complexity index is 617. The highest BCUT2D eigenvalue weighted by atomic mass is 16.5. The van der Waals surface area contributed by atoms with Crippen molar-refractivity contribution in [1.82, 2.24) is 10.2 Å². The molecule has 0 spiro atoms. The number of aryl methyl sites for hydroxylation is 1. The van der Waals surface area contributed by atoms with Gasteiger partial charge in [-0.2, -0.15) is 0 Å². The van der Waals surface area contributed by atoms with Gasteiger partial charge in [0.15, 0.2) is 0 Å². The molecule has 1 N–H and O–H groups in total. The number of benzene rings is 1. The molecule has 1 aliphatic rings. The van der Waals surface area contributed by atoms with Gasteiger partial charge in [0.1, 0.15) is 17.3 Å². The van der Waals surface area contributed by atoms with E-state index in [2.05, 4.69) is 28.4 Å². The van der Waals surface area contributed by atoms with Gasteiger partial charge in [0.25, 0.3) is 0 Å². The summed E-state index contributed by atoms with van der Waals surface area (Å²) in [4.78, 5) is 2.52. The molecule has 2 heterocycles. The fraction of sp³-hybridized carbons (Fsp3) is 0.474. The normalized spacial score (nSPS) is 16.6. The number of hydrogen-bond donors (Lipinski definition) is 1. The predicted molar refractivity (Wildman–Crippen MR) is 91.7 cm³/mol. The van der Waals surface area contributed by atoms with Gasteiger partial charge < -0.3 is 14.5 Å². The molecule has 0 saturated carbocycles. The van der Waals surface area contributed by atoms with Crippen LogP contribution in [0, 0.1) is 6.92 Å². The summed E-state index contributed by atoms with van der Waals surface area (Å²) in [7, 11) is 1.72. The summed E-state index contributed by atoms with van der Waals surface area (Å²) in [6.07, 6.45) is 2.56. The van der Waals surface area contributed by atoms with Crippen LogP contribution in [-0.4, -0.2) is 31.6 Å². The summed E-state index contributed by atoms with van der Waals surface area (Å²) in [5.41, 5.74) is 1.19. The van der Waals surface area contributed by atoms with E-state index >= 15 is 0 Å². The third-order valence-corrected chi connectivity index (χ3v) is 4.52. The average Bonchev–Trinajstić information content (AvgIpc) is 3.24. The van der Waals surface area contributed by atoms with Crippen molar-refractivity contribution in [2.45, 2.75) is 32.4 Å². The van der Waals surface area contributed by atoms with Crippen molar-refractivity contribution < 1.29 is 9.15 Å². The number of rotatable bonds is 7. The molecule has 1 aliphatic heterocycles. The van der Waals surface area contributed by atoms with Crippen LogP contribution in [0.25, 0.3) is 0 Å². The quantitative estimate of drug-likeness (QED) is 0.848. The lowest BCUT2D eigenvalue weighted by Crippen LogP contribution is -2.33. The zero-order valence-corrected chi connectivity index (χ0v) is 14.0. The summed E-state index contributed by atoms with van der Waals surface area (Å²) >= 11 is 0. The van der Waals surface area contributed by atoms with Gasteiger partial charge in [-0.25, -0.2) is 0 Å². The van der Waals surface area contributed by atoms with Gasteiger partial charge in [0.05, 0.1) is 13.2 Å². The van der Waals surface area contributed by atoms with Crippen molar-refractivity contribution in [2.75, 3.05) is 26.7 Å². The van der Waals surface area contributed by atoms with E-state index in [1.54, 1.807) is 7.11 Å². The summed E-state index contributed by atoms with van der Waals surface area (Å²) in [5.74, 6) is 2.98. The van der Waals surface area contributed by atoms with Crippen molar-refractivity contribution in [1.29, 1.82) is 0 Å². The third-order valence-electron chi connectivity index (χ3n) is 4.52. The van der Waals surface area contributed by atoms with Gasteiger partial charge >= 0.3 is 0 Å². The van der Waals surface area contributed by atoms with E-state index in [-0.39, 0.29) is 0 Å². The summed E-state index contributed by atoms with van der Waals surface area (Å²) in [6.45, 7) is 5.99. The minimum atomic E-state index is 0.306. The zero-order chi connectivity index (χ0) is 16.1. The molecule has 23 heavy (non-hydrogen) atoms. The van der Waals surface area contributed by atoms with E-state index in [4.69, 9.17) is 9.15 Å². The van der Waals surface area contributed by atoms with Crippen LogP contribution in [0.2, 0.25) is 0 Å². The molecule has 1 atom stereocenters. The Labute approximate surface area is 138 Å². The van der Waals surface area contributed by atoms with Crippen LogP contribution in [0.15, 0.2) is 40.8 Å². The van der Waals surface area contributed by atoms with Crippen molar-refractivity contribution >= 4 is 0 Å². The Morgan fingerprint density at radius 2 is 1.96 bits per heavy atom. The van der Waals surface area contributed by atoms with Crippen molar-refractivity contribution in [3.8, 4) is 5.75 Å². The maximum Gasteiger partial charge on any atom is 0.123 e. The molecule has 0 aliphatic carbocycles. The Morgan fingerprint density at radius 1 is 1.17 bits per heavy atom. The SMILES string of the molecule is COc1ccccc1CNCC(c1ccc(C)o1)N1CCCC1. The van der Waals surface area contributed by atoms with Crippen molar-refractivity contribution in [3.05, 3.63) is 53.5 Å². The number of nitrogens with one attached hydrogen (secondary N) is 1. The van der Waals surface area contributed by atoms with Crippen LogP contribution < -0.4 is 10.1 Å². The van der Waals surface area contributed by atoms with Crippen LogP contribution in [0.3, 0.4) is 0 Å². The molecule has 1 aromatic heterocycles. The Balaban J connectivity index is 1.64. The van der Waals surface area contributed by atoms with Crippen LogP contribution in [0.4, 0.5) is 0 Å². The van der Waals surface area contributed by atoms with Gasteiger partial charge in [-0.3, -0.25) is 4.90 Å². The number of methoxy groups -OCH3 is 1. The summed E-state index contributed by atoms with van der Waals surface area (Å²) < 4.78 is 11.3. The highest BCUT2D eigenvalue weighted by Crippen LogP contribution is 2.26. The molecule has 4 heteroatoms. The second-order valence-electron chi connectivity index (χ2n) is 6.15. The number of furan rings is 1. The molecule has 4 nitrogen and oxygen atoms in total. The minimum Gasteiger partial charge on any atom is -0.496 e. The van der Waals surface area contributed by atoms with E-state index in [1.165, 1.54) is 18.4 Å². The largest absolute Gasteiger partial charge is 0.496 e. The molecule has 1 unspecified atom stereocenters. The van der Waals surface area contributed by atoms with Gasteiger partial charge in [-0.15, -0.1) is 0 Å². The standard InChI is InChI=1S/C19H26N2O2/c1-15-9-10-19(23-15)17(21-11-5-6-12-21)14-20-13-16-7-3-4-8-18(16)22-2/h3-4,7-10,17,20H,5-6,11-14H2,1-2H3. The number of hydrogen-bond acceptors (Lipinski definition) is 4. The Morgan fingerprint density at radius 3 is 2.65 bits per heavy atom. The second kappa shape index (κ2) is 7.66. The molecular weight excluding hydrogens is 288 g/mol. The van der Waals surface area contributed by atoms with Crippen molar-refractivity contribution in [2.24, 2.45) is 0 Å². The van der Waals surface area contributed by atoms with Crippen LogP contribution in [-0.2, 0) is 6.54 Å². The van der Waals surface area contributed by atoms with E-state index in [9.17, 15) is 0 Å². The van der Waals surface area contributed by atoms with Gasteiger partial charge in [-0.1, -0.05) is 18.2 Å². The van der Waals surface area contributed by atoms with Crippen LogP contribution >= 0.6 is 0 Å². The number of ether oxygens (including phenoxy) is 1. The molecule has 0 radical (unpaired) electrons. The first-order valence-electron chi connectivity index (χ1n) is 8.41. The predicted octanol–water partition coefficient (Wildman–Crippen LogP) is 3.52. The Hall–Kier alpha value is -1.78. The first-order valence-corrected chi connectivity index (χ1v) is 8.41. The third kappa shape index (κ3) is 3.95. The van der Waals surface area contributed by atoms with Crippen LogP contribution in [0.5, 0.6) is 5.75 Å². The molecule has 3 rings (SSSR count). The van der Waals surface area contributed by atoms with Gasteiger partial charge in [0.2, 0.25) is 0 Å². The summed E-state index contributed by atoms with van der Waals surface area (Å²) in [6, 6.07) is 12.6. The molecular formula is C19H26N2O2. The van der Waals surface area contributed by atoms with Gasteiger partial charge in [0, 0.05) is 18.7 Å². The lowest BCUT2D eigenvalue weighted by atomic mass is 10.1.